The van der Waals surface area contributed by atoms with Crippen molar-refractivity contribution in [3.63, 3.8) is 0 Å². The summed E-state index contributed by atoms with van der Waals surface area (Å²) in [5, 5.41) is -0.475. The van der Waals surface area contributed by atoms with E-state index in [9.17, 15) is 4.79 Å². The highest BCUT2D eigenvalue weighted by atomic mass is 35.5. The molecule has 2 aromatic heterocycles. The normalized spacial score (nSPS) is 11.0. The number of hydrogen-bond acceptors (Lipinski definition) is 5. The molecule has 0 amide bonds. The maximum Gasteiger partial charge on any atom is 0.264 e. The predicted octanol–water partition coefficient (Wildman–Crippen LogP) is 5.86. The second-order valence-corrected chi connectivity index (χ2v) is 8.21. The molecule has 3 aromatic rings. The fourth-order valence-electron chi connectivity index (χ4n) is 2.38. The van der Waals surface area contributed by atoms with Gasteiger partial charge in [-0.2, -0.15) is 0 Å². The maximum atomic E-state index is 11.2. The third-order valence-electron chi connectivity index (χ3n) is 3.49. The summed E-state index contributed by atoms with van der Waals surface area (Å²) in [5.41, 5.74) is 3.57. The molecule has 0 aliphatic carbocycles. The Morgan fingerprint density at radius 1 is 1.21 bits per heavy atom. The molecule has 6 heteroatoms. The van der Waals surface area contributed by atoms with Gasteiger partial charge in [0.1, 0.15) is 4.88 Å². The van der Waals surface area contributed by atoms with Crippen LogP contribution in [-0.4, -0.2) is 15.2 Å². The smallest absolute Gasteiger partial charge is 0.264 e. The van der Waals surface area contributed by atoms with Gasteiger partial charge < -0.3 is 0 Å². The Balaban J connectivity index is 1.91. The molecule has 0 saturated heterocycles. The first-order valence-electron chi connectivity index (χ1n) is 7.42. The first-order valence-corrected chi connectivity index (χ1v) is 9.43. The lowest BCUT2D eigenvalue weighted by Crippen LogP contribution is -1.92. The Kier molecular flexibility index (Phi) is 5.33. The molecule has 0 unspecified atom stereocenters. The molecule has 3 nitrogen and oxygen atoms in total. The summed E-state index contributed by atoms with van der Waals surface area (Å²) in [6.45, 7) is 4.37. The van der Waals surface area contributed by atoms with Gasteiger partial charge in [0.15, 0.2) is 4.34 Å². The van der Waals surface area contributed by atoms with E-state index in [4.69, 9.17) is 11.6 Å². The third kappa shape index (κ3) is 3.86. The van der Waals surface area contributed by atoms with Gasteiger partial charge >= 0.3 is 0 Å². The lowest BCUT2D eigenvalue weighted by molar-refractivity contribution is 0.108. The molecule has 0 saturated carbocycles. The van der Waals surface area contributed by atoms with Crippen molar-refractivity contribution in [3.8, 4) is 11.1 Å². The number of carbonyl (C=O) groups excluding carboxylic acids is 1. The highest BCUT2D eigenvalue weighted by Crippen LogP contribution is 2.35. The zero-order valence-corrected chi connectivity index (χ0v) is 15.6. The number of pyridine rings is 1. The largest absolute Gasteiger partial charge is 0.275 e. The molecule has 3 rings (SSSR count). The molecule has 0 spiro atoms. The molecule has 2 heterocycles. The highest BCUT2D eigenvalue weighted by Gasteiger charge is 2.12. The minimum atomic E-state index is -0.475. The van der Waals surface area contributed by atoms with Crippen molar-refractivity contribution in [1.29, 1.82) is 0 Å². The summed E-state index contributed by atoms with van der Waals surface area (Å²) in [4.78, 5) is 21.2. The summed E-state index contributed by atoms with van der Waals surface area (Å²) < 4.78 is 0.773. The molecule has 24 heavy (non-hydrogen) atoms. The van der Waals surface area contributed by atoms with Gasteiger partial charge in [-0.1, -0.05) is 49.9 Å². The van der Waals surface area contributed by atoms with Crippen molar-refractivity contribution < 1.29 is 4.79 Å². The number of nitrogens with zero attached hydrogens (tertiary/aromatic N) is 2. The average molecular weight is 375 g/mol. The zero-order chi connectivity index (χ0) is 17.1. The van der Waals surface area contributed by atoms with Crippen LogP contribution in [0.15, 0.2) is 58.2 Å². The number of benzene rings is 1. The van der Waals surface area contributed by atoms with Crippen LogP contribution < -0.4 is 0 Å². The molecule has 0 atom stereocenters. The number of aromatic nitrogens is 2. The molecule has 0 fully saturated rings. The molecule has 0 radical (unpaired) electrons. The maximum absolute atomic E-state index is 11.2. The van der Waals surface area contributed by atoms with Gasteiger partial charge in [-0.3, -0.25) is 9.78 Å². The van der Waals surface area contributed by atoms with Crippen LogP contribution in [0.4, 0.5) is 0 Å². The first kappa shape index (κ1) is 17.1. The van der Waals surface area contributed by atoms with Crippen LogP contribution in [0.2, 0.25) is 0 Å². The number of thiazole rings is 1. The first-order chi connectivity index (χ1) is 11.5. The van der Waals surface area contributed by atoms with Gasteiger partial charge in [0.05, 0.1) is 6.20 Å². The van der Waals surface area contributed by atoms with Crippen molar-refractivity contribution in [1.82, 2.24) is 9.97 Å². The Morgan fingerprint density at radius 3 is 2.71 bits per heavy atom. The Morgan fingerprint density at radius 2 is 2.00 bits per heavy atom. The lowest BCUT2D eigenvalue weighted by Gasteiger charge is -2.13. The van der Waals surface area contributed by atoms with Crippen LogP contribution in [0.1, 0.15) is 35.0 Å². The van der Waals surface area contributed by atoms with Crippen LogP contribution in [0.3, 0.4) is 0 Å². The van der Waals surface area contributed by atoms with Crippen LogP contribution in [0, 0.1) is 0 Å². The van der Waals surface area contributed by atoms with Crippen LogP contribution >= 0.6 is 34.7 Å². The molecule has 0 aliphatic rings. The van der Waals surface area contributed by atoms with Gasteiger partial charge in [-0.15, -0.1) is 11.3 Å². The Hall–Kier alpha value is -1.69. The molecule has 0 N–H and O–H groups in total. The second kappa shape index (κ2) is 7.47. The van der Waals surface area contributed by atoms with Gasteiger partial charge in [0, 0.05) is 22.9 Å². The number of rotatable bonds is 5. The molecule has 0 aliphatic heterocycles. The quantitative estimate of drug-likeness (QED) is 0.524. The van der Waals surface area contributed by atoms with Crippen molar-refractivity contribution in [3.05, 3.63) is 59.4 Å². The van der Waals surface area contributed by atoms with Crippen molar-refractivity contribution in [2.24, 2.45) is 0 Å². The summed E-state index contributed by atoms with van der Waals surface area (Å²) in [7, 11) is 0. The standard InChI is InChI=1S/C18H15ClN2OS2/c1-11(2)14-5-3-4-6-15(14)12-7-13(9-20-8-12)23-18-21-10-16(24-18)17(19)22/h3-11H,1-2H3. The van der Waals surface area contributed by atoms with Crippen LogP contribution in [0.5, 0.6) is 0 Å². The number of halogens is 1. The van der Waals surface area contributed by atoms with Crippen LogP contribution in [0.25, 0.3) is 11.1 Å². The Bertz CT molecular complexity index is 877. The van der Waals surface area contributed by atoms with E-state index in [1.165, 1.54) is 40.4 Å². The van der Waals surface area contributed by atoms with E-state index in [1.54, 1.807) is 6.20 Å². The van der Waals surface area contributed by atoms with E-state index in [2.05, 4.69) is 48.1 Å². The van der Waals surface area contributed by atoms with Gasteiger partial charge in [-0.05, 0) is 34.7 Å². The van der Waals surface area contributed by atoms with E-state index in [0.29, 0.717) is 10.8 Å². The summed E-state index contributed by atoms with van der Waals surface area (Å²) in [6, 6.07) is 10.5. The SMILES string of the molecule is CC(C)c1ccccc1-c1cncc(Sc2ncc(C(=O)Cl)s2)c1. The summed E-state index contributed by atoms with van der Waals surface area (Å²) in [6.07, 6.45) is 5.18. The molecule has 122 valence electrons. The summed E-state index contributed by atoms with van der Waals surface area (Å²) in [5.74, 6) is 0.439. The van der Waals surface area contributed by atoms with Gasteiger partial charge in [-0.25, -0.2) is 4.98 Å². The number of hydrogen-bond donors (Lipinski definition) is 0. The minimum Gasteiger partial charge on any atom is -0.275 e. The van der Waals surface area contributed by atoms with Gasteiger partial charge in [0.2, 0.25) is 0 Å². The van der Waals surface area contributed by atoms with Crippen molar-refractivity contribution >= 4 is 39.9 Å². The van der Waals surface area contributed by atoms with E-state index in [-0.39, 0.29) is 0 Å². The predicted molar refractivity (Wildman–Crippen MR) is 100 cm³/mol. The van der Waals surface area contributed by atoms with E-state index < -0.39 is 5.24 Å². The summed E-state index contributed by atoms with van der Waals surface area (Å²) >= 11 is 8.25. The Labute approximate surface area is 154 Å². The van der Waals surface area contributed by atoms with Crippen molar-refractivity contribution in [2.45, 2.75) is 29.0 Å². The number of carbonyl (C=O) groups is 1. The zero-order valence-electron chi connectivity index (χ0n) is 13.2. The van der Waals surface area contributed by atoms with E-state index >= 15 is 0 Å². The van der Waals surface area contributed by atoms with Crippen molar-refractivity contribution in [2.75, 3.05) is 0 Å². The third-order valence-corrected chi connectivity index (χ3v) is 5.84. The minimum absolute atomic E-state index is 0.439. The van der Waals surface area contributed by atoms with E-state index in [0.717, 1.165) is 14.8 Å². The lowest BCUT2D eigenvalue weighted by atomic mass is 9.93. The van der Waals surface area contributed by atoms with Crippen LogP contribution in [-0.2, 0) is 0 Å². The molecule has 1 aromatic carbocycles. The molecular weight excluding hydrogens is 360 g/mol. The fourth-order valence-corrected chi connectivity index (χ4v) is 4.36. The molecule has 0 bridgehead atoms. The topological polar surface area (TPSA) is 42.9 Å². The monoisotopic (exact) mass is 374 g/mol. The average Bonchev–Trinajstić information content (AvgIpc) is 3.04. The van der Waals surface area contributed by atoms with E-state index in [1.807, 2.05) is 12.3 Å². The second-order valence-electron chi connectivity index (χ2n) is 5.52. The van der Waals surface area contributed by atoms with Gasteiger partial charge in [0.25, 0.3) is 5.24 Å². The fraction of sp³-hybridized carbons (Fsp3) is 0.167. The molecular formula is C18H15ClN2OS2. The highest BCUT2D eigenvalue weighted by molar-refractivity contribution is 8.01.